The molecule has 0 aliphatic carbocycles. The Morgan fingerprint density at radius 1 is 1.75 bits per heavy atom. The second kappa shape index (κ2) is 7.02. The van der Waals surface area contributed by atoms with Crippen molar-refractivity contribution in [2.45, 2.75) is 18.9 Å². The van der Waals surface area contributed by atoms with Gasteiger partial charge in [0.25, 0.3) is 0 Å². The summed E-state index contributed by atoms with van der Waals surface area (Å²) in [6.07, 6.45) is 1.42. The summed E-state index contributed by atoms with van der Waals surface area (Å²) in [7, 11) is 1.63. The fraction of sp³-hybridized carbons (Fsp3) is 0.778. The second-order valence-electron chi connectivity index (χ2n) is 3.56. The van der Waals surface area contributed by atoms with Crippen LogP contribution in [0.2, 0.25) is 0 Å². The summed E-state index contributed by atoms with van der Waals surface area (Å²) in [5.41, 5.74) is 2.47. The number of nitrogens with zero attached hydrogens (tertiary/aromatic N) is 1. The fourth-order valence-electron chi connectivity index (χ4n) is 1.44. The Morgan fingerprint density at radius 3 is 3.12 bits per heavy atom. The van der Waals surface area contributed by atoms with Gasteiger partial charge in [-0.1, -0.05) is 0 Å². The molecule has 0 aromatic heterocycles. The molecule has 1 fully saturated rings. The summed E-state index contributed by atoms with van der Waals surface area (Å²) in [5.74, 6) is 5.90. The molecule has 7 nitrogen and oxygen atoms in total. The number of methoxy groups -OCH3 is 1. The predicted molar refractivity (Wildman–Crippen MR) is 60.7 cm³/mol. The summed E-state index contributed by atoms with van der Waals surface area (Å²) in [6.45, 7) is 1.75. The molecule has 7 heteroatoms. The Morgan fingerprint density at radius 2 is 2.56 bits per heavy atom. The molecule has 0 bridgehead atoms. The van der Waals surface area contributed by atoms with Gasteiger partial charge in [-0.25, -0.2) is 5.84 Å². The largest absolute Gasteiger partial charge is 0.383 e. The van der Waals surface area contributed by atoms with E-state index in [1.165, 1.54) is 0 Å². The highest BCUT2D eigenvalue weighted by molar-refractivity contribution is 5.80. The number of hydrazine groups is 1. The lowest BCUT2D eigenvalue weighted by atomic mass is 10.2. The third-order valence-corrected chi connectivity index (χ3v) is 2.29. The van der Waals surface area contributed by atoms with Crippen LogP contribution >= 0.6 is 0 Å². The minimum Gasteiger partial charge on any atom is -0.383 e. The zero-order chi connectivity index (χ0) is 11.8. The van der Waals surface area contributed by atoms with E-state index in [1.54, 1.807) is 7.11 Å². The molecule has 16 heavy (non-hydrogen) atoms. The number of ether oxygens (including phenoxy) is 1. The first-order valence-corrected chi connectivity index (χ1v) is 5.29. The Bertz CT molecular complexity index is 256. The number of hydrogen-bond acceptors (Lipinski definition) is 4. The van der Waals surface area contributed by atoms with Crippen LogP contribution in [0.1, 0.15) is 12.8 Å². The highest BCUT2D eigenvalue weighted by atomic mass is 16.5. The number of rotatable bonds is 5. The van der Waals surface area contributed by atoms with Crippen LogP contribution in [0, 0.1) is 0 Å². The molecular weight excluding hydrogens is 210 g/mol. The van der Waals surface area contributed by atoms with E-state index in [1.807, 2.05) is 0 Å². The van der Waals surface area contributed by atoms with Crippen molar-refractivity contribution in [3.8, 4) is 0 Å². The van der Waals surface area contributed by atoms with Gasteiger partial charge < -0.3 is 15.4 Å². The van der Waals surface area contributed by atoms with Gasteiger partial charge in [0.05, 0.1) is 13.2 Å². The zero-order valence-corrected chi connectivity index (χ0v) is 9.45. The lowest BCUT2D eigenvalue weighted by Gasteiger charge is -2.10. The SMILES string of the molecule is COCCNC(=NCC1CCC(=O)N1)NN. The highest BCUT2D eigenvalue weighted by Crippen LogP contribution is 2.06. The van der Waals surface area contributed by atoms with Crippen LogP contribution in [0.25, 0.3) is 0 Å². The Kier molecular flexibility index (Phi) is 5.58. The smallest absolute Gasteiger partial charge is 0.220 e. The fourth-order valence-corrected chi connectivity index (χ4v) is 1.44. The first-order chi connectivity index (χ1) is 7.76. The van der Waals surface area contributed by atoms with Crippen LogP contribution in [0.4, 0.5) is 0 Å². The van der Waals surface area contributed by atoms with E-state index >= 15 is 0 Å². The monoisotopic (exact) mass is 229 g/mol. The van der Waals surface area contributed by atoms with Crippen molar-refractivity contribution in [3.63, 3.8) is 0 Å². The number of nitrogens with two attached hydrogens (primary N) is 1. The molecule has 1 rings (SSSR count). The lowest BCUT2D eigenvalue weighted by molar-refractivity contribution is -0.119. The van der Waals surface area contributed by atoms with Crippen molar-refractivity contribution in [3.05, 3.63) is 0 Å². The Hall–Kier alpha value is -1.34. The van der Waals surface area contributed by atoms with Crippen molar-refractivity contribution >= 4 is 11.9 Å². The number of nitrogens with one attached hydrogen (secondary N) is 3. The number of hydrogen-bond donors (Lipinski definition) is 4. The summed E-state index contributed by atoms with van der Waals surface area (Å²) >= 11 is 0. The van der Waals surface area contributed by atoms with E-state index < -0.39 is 0 Å². The average Bonchev–Trinajstić information content (AvgIpc) is 2.69. The molecule has 1 aliphatic heterocycles. The zero-order valence-electron chi connectivity index (χ0n) is 9.45. The molecule has 92 valence electrons. The average molecular weight is 229 g/mol. The van der Waals surface area contributed by atoms with Crippen molar-refractivity contribution in [1.82, 2.24) is 16.1 Å². The van der Waals surface area contributed by atoms with Gasteiger partial charge in [-0.2, -0.15) is 0 Å². The van der Waals surface area contributed by atoms with E-state index in [9.17, 15) is 4.79 Å². The third kappa shape index (κ3) is 4.45. The van der Waals surface area contributed by atoms with Crippen LogP contribution < -0.4 is 21.9 Å². The Balaban J connectivity index is 2.26. The quantitative estimate of drug-likeness (QED) is 0.148. The van der Waals surface area contributed by atoms with Gasteiger partial charge >= 0.3 is 0 Å². The lowest BCUT2D eigenvalue weighted by Crippen LogP contribution is -2.43. The molecule has 0 spiro atoms. The van der Waals surface area contributed by atoms with Gasteiger partial charge in [0.1, 0.15) is 0 Å². The minimum atomic E-state index is 0.0924. The van der Waals surface area contributed by atoms with E-state index in [2.05, 4.69) is 21.1 Å². The molecule has 1 aliphatic rings. The van der Waals surface area contributed by atoms with Gasteiger partial charge in [-0.05, 0) is 6.42 Å². The highest BCUT2D eigenvalue weighted by Gasteiger charge is 2.19. The maximum absolute atomic E-state index is 10.9. The first-order valence-electron chi connectivity index (χ1n) is 5.29. The predicted octanol–water partition coefficient (Wildman–Crippen LogP) is -1.68. The molecule has 1 saturated heterocycles. The summed E-state index contributed by atoms with van der Waals surface area (Å²) in [5, 5.41) is 5.82. The number of amides is 1. The molecule has 0 radical (unpaired) electrons. The van der Waals surface area contributed by atoms with Crippen LogP contribution in [-0.4, -0.2) is 44.7 Å². The van der Waals surface area contributed by atoms with Gasteiger partial charge in [0.15, 0.2) is 0 Å². The number of carbonyl (C=O) groups excluding carboxylic acids is 1. The summed E-state index contributed by atoms with van der Waals surface area (Å²) < 4.78 is 4.89. The summed E-state index contributed by atoms with van der Waals surface area (Å²) in [4.78, 5) is 15.2. The molecule has 0 aromatic carbocycles. The second-order valence-corrected chi connectivity index (χ2v) is 3.56. The van der Waals surface area contributed by atoms with Gasteiger partial charge in [0, 0.05) is 26.1 Å². The van der Waals surface area contributed by atoms with Crippen LogP contribution in [0.3, 0.4) is 0 Å². The topological polar surface area (TPSA) is 101 Å². The molecule has 5 N–H and O–H groups in total. The third-order valence-electron chi connectivity index (χ3n) is 2.29. The van der Waals surface area contributed by atoms with Crippen molar-refractivity contribution in [2.24, 2.45) is 10.8 Å². The molecule has 1 heterocycles. The van der Waals surface area contributed by atoms with Gasteiger partial charge in [-0.15, -0.1) is 0 Å². The molecule has 0 saturated carbocycles. The molecule has 1 unspecified atom stereocenters. The minimum absolute atomic E-state index is 0.0924. The summed E-state index contributed by atoms with van der Waals surface area (Å²) in [6, 6.07) is 0.125. The maximum Gasteiger partial charge on any atom is 0.220 e. The van der Waals surface area contributed by atoms with Crippen LogP contribution in [0.5, 0.6) is 0 Å². The maximum atomic E-state index is 10.9. The normalized spacial score (nSPS) is 20.8. The molecule has 1 amide bonds. The number of carbonyl (C=O) groups is 1. The molecular formula is C9H19N5O2. The number of guanidine groups is 1. The molecule has 1 atom stereocenters. The van der Waals surface area contributed by atoms with Crippen molar-refractivity contribution < 1.29 is 9.53 Å². The van der Waals surface area contributed by atoms with Crippen molar-refractivity contribution in [2.75, 3.05) is 26.8 Å². The first kappa shape index (κ1) is 12.7. The van der Waals surface area contributed by atoms with E-state index in [-0.39, 0.29) is 11.9 Å². The molecule has 0 aromatic rings. The van der Waals surface area contributed by atoms with E-state index in [0.29, 0.717) is 32.1 Å². The number of aliphatic imine (C=N–C) groups is 1. The van der Waals surface area contributed by atoms with E-state index in [0.717, 1.165) is 6.42 Å². The van der Waals surface area contributed by atoms with Crippen molar-refractivity contribution in [1.29, 1.82) is 0 Å². The van der Waals surface area contributed by atoms with Gasteiger partial charge in [-0.3, -0.25) is 15.2 Å². The van der Waals surface area contributed by atoms with Crippen LogP contribution in [0.15, 0.2) is 4.99 Å². The van der Waals surface area contributed by atoms with Gasteiger partial charge in [0.2, 0.25) is 11.9 Å². The standard InChI is InChI=1S/C9H19N5O2/c1-16-5-4-11-9(14-10)12-6-7-2-3-8(15)13-7/h7H,2-6,10H2,1H3,(H,13,15)(H2,11,12,14). The van der Waals surface area contributed by atoms with E-state index in [4.69, 9.17) is 10.6 Å². The van der Waals surface area contributed by atoms with Crippen LogP contribution in [-0.2, 0) is 9.53 Å². The Labute approximate surface area is 94.8 Å².